The number of hydrazone groups is 1. The van der Waals surface area contributed by atoms with Gasteiger partial charge in [0.25, 0.3) is 5.91 Å². The third-order valence-corrected chi connectivity index (χ3v) is 3.08. The fourth-order valence-corrected chi connectivity index (χ4v) is 1.93. The van der Waals surface area contributed by atoms with Crippen molar-refractivity contribution in [1.82, 2.24) is 5.43 Å². The lowest BCUT2D eigenvalue weighted by Crippen LogP contribution is -2.17. The Balaban J connectivity index is 1.98. The summed E-state index contributed by atoms with van der Waals surface area (Å²) in [5.74, 6) is -0.258. The fraction of sp³-hybridized carbons (Fsp3) is 0. The molecule has 0 saturated heterocycles. The summed E-state index contributed by atoms with van der Waals surface area (Å²) in [6.45, 7) is 0. The van der Waals surface area contributed by atoms with Crippen LogP contribution in [0.2, 0.25) is 5.02 Å². The molecule has 0 aliphatic rings. The number of carbonyl (C=O) groups is 1. The molecular weight excluding hydrogens is 328 g/mol. The first-order valence-corrected chi connectivity index (χ1v) is 6.67. The van der Waals surface area contributed by atoms with Gasteiger partial charge in [-0.25, -0.2) is 5.43 Å². The molecule has 0 saturated carbocycles. The highest BCUT2D eigenvalue weighted by atomic mass is 79.9. The van der Waals surface area contributed by atoms with E-state index in [0.717, 1.165) is 10.0 Å². The van der Waals surface area contributed by atoms with Gasteiger partial charge in [0.15, 0.2) is 0 Å². The van der Waals surface area contributed by atoms with E-state index < -0.39 is 0 Å². The van der Waals surface area contributed by atoms with Gasteiger partial charge in [-0.15, -0.1) is 0 Å². The van der Waals surface area contributed by atoms with Gasteiger partial charge in [-0.1, -0.05) is 45.7 Å². The van der Waals surface area contributed by atoms with Crippen LogP contribution in [0.25, 0.3) is 0 Å². The van der Waals surface area contributed by atoms with E-state index in [4.69, 9.17) is 11.6 Å². The first kappa shape index (κ1) is 13.8. The molecule has 0 aliphatic carbocycles. The minimum Gasteiger partial charge on any atom is -0.267 e. The summed E-state index contributed by atoms with van der Waals surface area (Å²) in [4.78, 5) is 11.8. The molecule has 0 fully saturated rings. The molecule has 2 aromatic carbocycles. The Bertz CT molecular complexity index is 611. The lowest BCUT2D eigenvalue weighted by molar-refractivity contribution is 0.0955. The van der Waals surface area contributed by atoms with E-state index in [2.05, 4.69) is 26.5 Å². The Labute approximate surface area is 124 Å². The molecule has 0 aromatic heterocycles. The zero-order valence-electron chi connectivity index (χ0n) is 9.81. The number of nitrogens with one attached hydrogen (secondary N) is 1. The van der Waals surface area contributed by atoms with Gasteiger partial charge in [0, 0.05) is 15.1 Å². The predicted molar refractivity (Wildman–Crippen MR) is 80.7 cm³/mol. The van der Waals surface area contributed by atoms with E-state index in [-0.39, 0.29) is 5.91 Å². The number of carbonyl (C=O) groups excluding carboxylic acids is 1. The van der Waals surface area contributed by atoms with Crippen molar-refractivity contribution in [3.05, 3.63) is 69.2 Å². The van der Waals surface area contributed by atoms with Crippen molar-refractivity contribution in [2.45, 2.75) is 0 Å². The van der Waals surface area contributed by atoms with Crippen molar-refractivity contribution in [3.8, 4) is 0 Å². The van der Waals surface area contributed by atoms with E-state index in [9.17, 15) is 4.79 Å². The fourth-order valence-electron chi connectivity index (χ4n) is 1.41. The molecule has 0 spiro atoms. The highest BCUT2D eigenvalue weighted by molar-refractivity contribution is 9.10. The van der Waals surface area contributed by atoms with Crippen LogP contribution in [0.15, 0.2) is 58.1 Å². The Kier molecular flexibility index (Phi) is 4.71. The Hall–Kier alpha value is -1.65. The van der Waals surface area contributed by atoms with E-state index in [1.807, 2.05) is 18.2 Å². The molecule has 19 heavy (non-hydrogen) atoms. The zero-order chi connectivity index (χ0) is 13.7. The Morgan fingerprint density at radius 3 is 2.63 bits per heavy atom. The second-order valence-corrected chi connectivity index (χ2v) is 5.11. The smallest absolute Gasteiger partial charge is 0.267 e. The highest BCUT2D eigenvalue weighted by Crippen LogP contribution is 2.11. The van der Waals surface area contributed by atoms with Crippen LogP contribution in [0.5, 0.6) is 0 Å². The maximum absolute atomic E-state index is 11.8. The number of hydrogen-bond acceptors (Lipinski definition) is 2. The number of halogens is 2. The minimum absolute atomic E-state index is 0.258. The number of hydrogen-bond donors (Lipinski definition) is 1. The molecule has 96 valence electrons. The SMILES string of the molecule is O=C(N/N=C/c1ccc(Cl)cc1)c1cccc(Br)c1. The summed E-state index contributed by atoms with van der Waals surface area (Å²) in [7, 11) is 0. The topological polar surface area (TPSA) is 41.5 Å². The standard InChI is InChI=1S/C14H10BrClN2O/c15-12-3-1-2-11(8-12)14(19)18-17-9-10-4-6-13(16)7-5-10/h1-9H,(H,18,19)/b17-9+. The van der Waals surface area contributed by atoms with Crippen LogP contribution in [0.1, 0.15) is 15.9 Å². The lowest BCUT2D eigenvalue weighted by Gasteiger charge is -2.00. The van der Waals surface area contributed by atoms with Crippen molar-refractivity contribution >= 4 is 39.7 Å². The summed E-state index contributed by atoms with van der Waals surface area (Å²) < 4.78 is 0.849. The predicted octanol–water partition coefficient (Wildman–Crippen LogP) is 3.87. The molecule has 0 unspecified atom stereocenters. The molecule has 3 nitrogen and oxygen atoms in total. The van der Waals surface area contributed by atoms with Gasteiger partial charge in [-0.05, 0) is 35.9 Å². The minimum atomic E-state index is -0.258. The van der Waals surface area contributed by atoms with Crippen LogP contribution in [-0.2, 0) is 0 Å². The molecule has 2 aromatic rings. The van der Waals surface area contributed by atoms with Gasteiger partial charge in [-0.2, -0.15) is 5.10 Å². The molecule has 0 atom stereocenters. The van der Waals surface area contributed by atoms with Gasteiger partial charge in [0.2, 0.25) is 0 Å². The maximum Gasteiger partial charge on any atom is 0.271 e. The van der Waals surface area contributed by atoms with Crippen molar-refractivity contribution in [2.24, 2.45) is 5.10 Å². The summed E-state index contributed by atoms with van der Waals surface area (Å²) in [5.41, 5.74) is 3.87. The summed E-state index contributed by atoms with van der Waals surface area (Å²) in [6.07, 6.45) is 1.56. The van der Waals surface area contributed by atoms with E-state index in [0.29, 0.717) is 10.6 Å². The van der Waals surface area contributed by atoms with Crippen molar-refractivity contribution in [2.75, 3.05) is 0 Å². The van der Waals surface area contributed by atoms with Gasteiger partial charge in [0.05, 0.1) is 6.21 Å². The number of rotatable bonds is 3. The first-order valence-electron chi connectivity index (χ1n) is 5.50. The van der Waals surface area contributed by atoms with Crippen molar-refractivity contribution < 1.29 is 4.79 Å². The van der Waals surface area contributed by atoms with E-state index in [1.54, 1.807) is 36.5 Å². The Morgan fingerprint density at radius 2 is 1.95 bits per heavy atom. The molecule has 2 rings (SSSR count). The molecule has 5 heteroatoms. The molecule has 0 bridgehead atoms. The summed E-state index contributed by atoms with van der Waals surface area (Å²) in [6, 6.07) is 14.3. The maximum atomic E-state index is 11.8. The monoisotopic (exact) mass is 336 g/mol. The lowest BCUT2D eigenvalue weighted by atomic mass is 10.2. The second-order valence-electron chi connectivity index (χ2n) is 3.76. The van der Waals surface area contributed by atoms with Crippen molar-refractivity contribution in [1.29, 1.82) is 0 Å². The van der Waals surface area contributed by atoms with Crippen LogP contribution in [0, 0.1) is 0 Å². The third kappa shape index (κ3) is 4.19. The number of nitrogens with zero attached hydrogens (tertiary/aromatic N) is 1. The molecule has 0 aliphatic heterocycles. The molecular formula is C14H10BrClN2O. The van der Waals surface area contributed by atoms with Gasteiger partial charge in [0.1, 0.15) is 0 Å². The van der Waals surface area contributed by atoms with Crippen LogP contribution < -0.4 is 5.43 Å². The van der Waals surface area contributed by atoms with Gasteiger partial charge >= 0.3 is 0 Å². The number of amides is 1. The molecule has 0 heterocycles. The van der Waals surface area contributed by atoms with Crippen LogP contribution >= 0.6 is 27.5 Å². The third-order valence-electron chi connectivity index (χ3n) is 2.34. The number of benzene rings is 2. The summed E-state index contributed by atoms with van der Waals surface area (Å²) >= 11 is 9.08. The molecule has 0 radical (unpaired) electrons. The molecule has 1 amide bonds. The quantitative estimate of drug-likeness (QED) is 0.670. The largest absolute Gasteiger partial charge is 0.271 e. The van der Waals surface area contributed by atoms with Crippen molar-refractivity contribution in [3.63, 3.8) is 0 Å². The van der Waals surface area contributed by atoms with Crippen LogP contribution in [0.3, 0.4) is 0 Å². The normalized spacial score (nSPS) is 10.6. The second kappa shape index (κ2) is 6.50. The zero-order valence-corrected chi connectivity index (χ0v) is 12.1. The highest BCUT2D eigenvalue weighted by Gasteiger charge is 2.03. The molecule has 1 N–H and O–H groups in total. The first-order chi connectivity index (χ1) is 9.15. The van der Waals surface area contributed by atoms with Crippen LogP contribution in [-0.4, -0.2) is 12.1 Å². The van der Waals surface area contributed by atoms with Crippen LogP contribution in [0.4, 0.5) is 0 Å². The van der Waals surface area contributed by atoms with Gasteiger partial charge in [-0.3, -0.25) is 4.79 Å². The van der Waals surface area contributed by atoms with E-state index >= 15 is 0 Å². The summed E-state index contributed by atoms with van der Waals surface area (Å²) in [5, 5.41) is 4.56. The average Bonchev–Trinajstić information content (AvgIpc) is 2.41. The van der Waals surface area contributed by atoms with E-state index in [1.165, 1.54) is 0 Å². The average molecular weight is 338 g/mol. The Morgan fingerprint density at radius 1 is 1.21 bits per heavy atom. The van der Waals surface area contributed by atoms with Gasteiger partial charge < -0.3 is 0 Å².